The minimum atomic E-state index is -4.93. The van der Waals surface area contributed by atoms with Crippen LogP contribution in [0.5, 0.6) is 11.5 Å². The lowest BCUT2D eigenvalue weighted by Gasteiger charge is -2.26. The maximum absolute atomic E-state index is 14.1. The molecule has 0 aromatic heterocycles. The van der Waals surface area contributed by atoms with Crippen molar-refractivity contribution in [3.05, 3.63) is 53.1 Å². The predicted octanol–water partition coefficient (Wildman–Crippen LogP) is 3.05. The van der Waals surface area contributed by atoms with Gasteiger partial charge in [0.25, 0.3) is 0 Å². The lowest BCUT2D eigenvalue weighted by molar-refractivity contribution is 0.263. The van der Waals surface area contributed by atoms with Crippen molar-refractivity contribution in [2.75, 3.05) is 13.7 Å². The molecular formula is C16H13F4NO4S. The molecule has 0 fully saturated rings. The van der Waals surface area contributed by atoms with Crippen LogP contribution in [0.15, 0.2) is 29.2 Å². The van der Waals surface area contributed by atoms with Gasteiger partial charge in [-0.15, -0.1) is 0 Å². The number of rotatable bonds is 4. The van der Waals surface area contributed by atoms with E-state index in [-0.39, 0.29) is 13.0 Å². The van der Waals surface area contributed by atoms with E-state index in [1.54, 1.807) is 24.3 Å². The van der Waals surface area contributed by atoms with Crippen LogP contribution < -0.4 is 14.2 Å². The molecule has 10 heteroatoms. The SMILES string of the molecule is COc1c(F)c(F)c(S(=O)(=O)NC2CCOc3ccccc32)c(F)c1F. The molecule has 0 bridgehead atoms. The Bertz CT molecular complexity index is 936. The van der Waals surface area contributed by atoms with Gasteiger partial charge in [0.2, 0.25) is 21.7 Å². The fraction of sp³-hybridized carbons (Fsp3) is 0.250. The molecule has 1 aliphatic rings. The maximum atomic E-state index is 14.1. The van der Waals surface area contributed by atoms with Crippen LogP contribution in [0.1, 0.15) is 18.0 Å². The molecule has 0 radical (unpaired) electrons. The molecule has 3 rings (SSSR count). The van der Waals surface area contributed by atoms with Crippen LogP contribution in [-0.2, 0) is 10.0 Å². The molecule has 1 aliphatic heterocycles. The molecule has 2 aromatic rings. The third-order valence-electron chi connectivity index (χ3n) is 3.91. The van der Waals surface area contributed by atoms with E-state index < -0.39 is 50.0 Å². The molecule has 2 aromatic carbocycles. The summed E-state index contributed by atoms with van der Waals surface area (Å²) >= 11 is 0. The molecule has 0 spiro atoms. The van der Waals surface area contributed by atoms with Gasteiger partial charge < -0.3 is 9.47 Å². The van der Waals surface area contributed by atoms with Gasteiger partial charge in [-0.05, 0) is 6.07 Å². The van der Waals surface area contributed by atoms with Crippen LogP contribution in [0, 0.1) is 23.3 Å². The summed E-state index contributed by atoms with van der Waals surface area (Å²) in [6, 6.07) is 5.59. The average molecular weight is 391 g/mol. The van der Waals surface area contributed by atoms with Gasteiger partial charge in [-0.2, -0.15) is 8.78 Å². The molecular weight excluding hydrogens is 378 g/mol. The Balaban J connectivity index is 2.06. The van der Waals surface area contributed by atoms with E-state index in [4.69, 9.17) is 4.74 Å². The van der Waals surface area contributed by atoms with E-state index in [0.29, 0.717) is 11.3 Å². The summed E-state index contributed by atoms with van der Waals surface area (Å²) in [6.45, 7) is 0.153. The van der Waals surface area contributed by atoms with Crippen molar-refractivity contribution in [2.24, 2.45) is 0 Å². The van der Waals surface area contributed by atoms with Crippen molar-refractivity contribution >= 4 is 10.0 Å². The van der Waals surface area contributed by atoms with Crippen molar-refractivity contribution in [3.8, 4) is 11.5 Å². The topological polar surface area (TPSA) is 64.6 Å². The number of methoxy groups -OCH3 is 1. The maximum Gasteiger partial charge on any atom is 0.247 e. The number of fused-ring (bicyclic) bond motifs is 1. The summed E-state index contributed by atoms with van der Waals surface area (Å²) in [5, 5.41) is 0. The number of para-hydroxylation sites is 1. The fourth-order valence-corrected chi connectivity index (χ4v) is 4.11. The largest absolute Gasteiger partial charge is 0.493 e. The van der Waals surface area contributed by atoms with Crippen molar-refractivity contribution in [2.45, 2.75) is 17.4 Å². The highest BCUT2D eigenvalue weighted by molar-refractivity contribution is 7.89. The Morgan fingerprint density at radius 1 is 1.08 bits per heavy atom. The smallest absolute Gasteiger partial charge is 0.247 e. The first kappa shape index (κ1) is 18.5. The zero-order chi connectivity index (χ0) is 19.1. The predicted molar refractivity (Wildman–Crippen MR) is 82.4 cm³/mol. The molecule has 0 saturated carbocycles. The zero-order valence-electron chi connectivity index (χ0n) is 13.4. The Labute approximate surface area is 146 Å². The van der Waals surface area contributed by atoms with Crippen LogP contribution >= 0.6 is 0 Å². The number of hydrogen-bond donors (Lipinski definition) is 1. The monoisotopic (exact) mass is 391 g/mol. The Hall–Kier alpha value is -2.33. The summed E-state index contributed by atoms with van der Waals surface area (Å²) in [5.41, 5.74) is 0.442. The third kappa shape index (κ3) is 2.99. The van der Waals surface area contributed by atoms with Crippen molar-refractivity contribution in [1.82, 2.24) is 4.72 Å². The summed E-state index contributed by atoms with van der Waals surface area (Å²) in [5.74, 6) is -8.92. The second-order valence-electron chi connectivity index (χ2n) is 5.47. The van der Waals surface area contributed by atoms with Gasteiger partial charge in [0.1, 0.15) is 5.75 Å². The number of ether oxygens (including phenoxy) is 2. The Morgan fingerprint density at radius 2 is 1.69 bits per heavy atom. The van der Waals surface area contributed by atoms with E-state index in [0.717, 1.165) is 7.11 Å². The van der Waals surface area contributed by atoms with Gasteiger partial charge in [-0.1, -0.05) is 18.2 Å². The first-order valence-electron chi connectivity index (χ1n) is 7.42. The van der Waals surface area contributed by atoms with E-state index in [9.17, 15) is 26.0 Å². The summed E-state index contributed by atoms with van der Waals surface area (Å²) in [6.07, 6.45) is 0.167. The van der Waals surface area contributed by atoms with E-state index in [1.165, 1.54) is 0 Å². The van der Waals surface area contributed by atoms with Gasteiger partial charge >= 0.3 is 0 Å². The van der Waals surface area contributed by atoms with Crippen molar-refractivity contribution in [3.63, 3.8) is 0 Å². The molecule has 5 nitrogen and oxygen atoms in total. The summed E-state index contributed by atoms with van der Waals surface area (Å²) < 4.78 is 92.5. The second kappa shape index (κ2) is 6.76. The lowest BCUT2D eigenvalue weighted by atomic mass is 10.0. The Kier molecular flexibility index (Phi) is 4.80. The highest BCUT2D eigenvalue weighted by Crippen LogP contribution is 2.35. The van der Waals surface area contributed by atoms with Gasteiger partial charge in [0, 0.05) is 12.0 Å². The normalized spacial score (nSPS) is 16.7. The highest BCUT2D eigenvalue weighted by atomic mass is 32.2. The van der Waals surface area contributed by atoms with Crippen molar-refractivity contribution in [1.29, 1.82) is 0 Å². The summed E-state index contributed by atoms with van der Waals surface area (Å²) in [4.78, 5) is -1.74. The van der Waals surface area contributed by atoms with Crippen LogP contribution in [0.4, 0.5) is 17.6 Å². The molecule has 1 N–H and O–H groups in total. The minimum absolute atomic E-state index is 0.153. The van der Waals surface area contributed by atoms with Crippen LogP contribution in [-0.4, -0.2) is 22.1 Å². The zero-order valence-corrected chi connectivity index (χ0v) is 14.2. The molecule has 1 atom stereocenters. The molecule has 26 heavy (non-hydrogen) atoms. The summed E-state index contributed by atoms with van der Waals surface area (Å²) in [7, 11) is -4.13. The standard InChI is InChI=1S/C16H13F4NO4S/c1-24-15-11(17)13(19)16(14(20)12(15)18)26(22,23)21-9-6-7-25-10-5-3-2-4-8(9)10/h2-5,9,21H,6-7H2,1H3. The first-order valence-corrected chi connectivity index (χ1v) is 8.90. The van der Waals surface area contributed by atoms with E-state index in [2.05, 4.69) is 9.46 Å². The molecule has 1 unspecified atom stereocenters. The van der Waals surface area contributed by atoms with Gasteiger partial charge in [-0.25, -0.2) is 21.9 Å². The molecule has 140 valence electrons. The molecule has 0 saturated heterocycles. The number of benzene rings is 2. The number of hydrogen-bond acceptors (Lipinski definition) is 4. The van der Waals surface area contributed by atoms with E-state index >= 15 is 0 Å². The number of nitrogens with one attached hydrogen (secondary N) is 1. The second-order valence-corrected chi connectivity index (χ2v) is 7.12. The highest BCUT2D eigenvalue weighted by Gasteiger charge is 2.36. The van der Waals surface area contributed by atoms with Crippen LogP contribution in [0.25, 0.3) is 0 Å². The number of halogens is 4. The quantitative estimate of drug-likeness (QED) is 0.643. The molecule has 1 heterocycles. The first-order chi connectivity index (χ1) is 12.3. The van der Waals surface area contributed by atoms with Gasteiger partial charge in [0.15, 0.2) is 22.3 Å². The van der Waals surface area contributed by atoms with Gasteiger partial charge in [0.05, 0.1) is 19.8 Å². The van der Waals surface area contributed by atoms with Gasteiger partial charge in [-0.3, -0.25) is 0 Å². The number of sulfonamides is 1. The average Bonchev–Trinajstić information content (AvgIpc) is 2.60. The molecule has 0 amide bonds. The van der Waals surface area contributed by atoms with Crippen LogP contribution in [0.3, 0.4) is 0 Å². The minimum Gasteiger partial charge on any atom is -0.493 e. The Morgan fingerprint density at radius 3 is 2.31 bits per heavy atom. The van der Waals surface area contributed by atoms with Crippen molar-refractivity contribution < 1.29 is 35.5 Å². The van der Waals surface area contributed by atoms with Crippen LogP contribution in [0.2, 0.25) is 0 Å². The fourth-order valence-electron chi connectivity index (χ4n) is 2.72. The lowest BCUT2D eigenvalue weighted by Crippen LogP contribution is -2.33. The van der Waals surface area contributed by atoms with E-state index in [1.807, 2.05) is 0 Å². The molecule has 0 aliphatic carbocycles. The third-order valence-corrected chi connectivity index (χ3v) is 5.40.